The van der Waals surface area contributed by atoms with Gasteiger partial charge in [0.1, 0.15) is 0 Å². The lowest BCUT2D eigenvalue weighted by Gasteiger charge is -2.29. The van der Waals surface area contributed by atoms with Crippen LogP contribution >= 0.6 is 0 Å². The van der Waals surface area contributed by atoms with Gasteiger partial charge in [0.25, 0.3) is 0 Å². The van der Waals surface area contributed by atoms with Crippen LogP contribution in [-0.2, 0) is 0 Å². The molecule has 0 N–H and O–H groups in total. The number of likely N-dealkylation sites (tertiary alicyclic amines) is 1. The van der Waals surface area contributed by atoms with E-state index in [0.717, 1.165) is 5.88 Å². The molecule has 0 amide bonds. The van der Waals surface area contributed by atoms with E-state index in [9.17, 15) is 0 Å². The first kappa shape index (κ1) is 10.4. The van der Waals surface area contributed by atoms with E-state index in [1.54, 1.807) is 13.3 Å². The third-order valence-electron chi connectivity index (χ3n) is 3.15. The van der Waals surface area contributed by atoms with Gasteiger partial charge in [-0.15, -0.1) is 0 Å². The third kappa shape index (κ3) is 2.29. The molecule has 2 rings (SSSR count). The number of hydrogen-bond acceptors (Lipinski definition) is 3. The lowest BCUT2D eigenvalue weighted by Crippen LogP contribution is -2.29. The Balaban J connectivity index is 2.15. The Kier molecular flexibility index (Phi) is 3.21. The van der Waals surface area contributed by atoms with E-state index in [1.165, 1.54) is 31.5 Å². The summed E-state index contributed by atoms with van der Waals surface area (Å²) < 4.78 is 5.30. The molecule has 0 radical (unpaired) electrons. The van der Waals surface area contributed by atoms with E-state index in [-0.39, 0.29) is 0 Å². The zero-order valence-corrected chi connectivity index (χ0v) is 9.44. The zero-order valence-electron chi connectivity index (χ0n) is 9.44. The number of piperidine rings is 1. The second-order valence-electron chi connectivity index (χ2n) is 4.18. The number of pyridine rings is 1. The molecule has 0 aliphatic carbocycles. The number of rotatable bonds is 2. The Bertz CT molecular complexity index is 319. The van der Waals surface area contributed by atoms with Crippen LogP contribution in [0.2, 0.25) is 0 Å². The molecule has 0 spiro atoms. The standard InChI is InChI=1S/C12H18N2O/c1-14-8-5-10(6-9-14)11-4-3-7-13-12(11)15-2/h3-4,7,10H,5-6,8-9H2,1-2H3. The fourth-order valence-corrected chi connectivity index (χ4v) is 2.20. The van der Waals surface area contributed by atoms with Crippen LogP contribution in [0.15, 0.2) is 18.3 Å². The molecular formula is C12H18N2O. The maximum Gasteiger partial charge on any atom is 0.216 e. The molecule has 1 aromatic rings. The van der Waals surface area contributed by atoms with Crippen LogP contribution in [0.1, 0.15) is 24.3 Å². The summed E-state index contributed by atoms with van der Waals surface area (Å²) in [6, 6.07) is 4.14. The van der Waals surface area contributed by atoms with Crippen molar-refractivity contribution in [2.24, 2.45) is 0 Å². The molecule has 3 nitrogen and oxygen atoms in total. The van der Waals surface area contributed by atoms with Crippen LogP contribution in [0, 0.1) is 0 Å². The van der Waals surface area contributed by atoms with Crippen molar-refractivity contribution < 1.29 is 4.74 Å². The zero-order chi connectivity index (χ0) is 10.7. The Morgan fingerprint density at radius 3 is 2.80 bits per heavy atom. The topological polar surface area (TPSA) is 25.4 Å². The van der Waals surface area contributed by atoms with Gasteiger partial charge in [-0.2, -0.15) is 0 Å². The van der Waals surface area contributed by atoms with Gasteiger partial charge in [0.2, 0.25) is 5.88 Å². The molecule has 3 heteroatoms. The summed E-state index contributed by atoms with van der Waals surface area (Å²) >= 11 is 0. The predicted molar refractivity (Wildman–Crippen MR) is 60.3 cm³/mol. The fourth-order valence-electron chi connectivity index (χ4n) is 2.20. The first-order chi connectivity index (χ1) is 7.31. The Hall–Kier alpha value is -1.09. The van der Waals surface area contributed by atoms with E-state index in [0.29, 0.717) is 5.92 Å². The average molecular weight is 206 g/mol. The highest BCUT2D eigenvalue weighted by atomic mass is 16.5. The molecule has 1 fully saturated rings. The van der Waals surface area contributed by atoms with Crippen molar-refractivity contribution in [3.8, 4) is 5.88 Å². The minimum atomic E-state index is 0.616. The maximum atomic E-state index is 5.30. The summed E-state index contributed by atoms with van der Waals surface area (Å²) in [7, 11) is 3.87. The highest BCUT2D eigenvalue weighted by Crippen LogP contribution is 2.32. The number of ether oxygens (including phenoxy) is 1. The molecule has 1 aliphatic heterocycles. The van der Waals surface area contributed by atoms with Crippen LogP contribution < -0.4 is 4.74 Å². The molecule has 1 aromatic heterocycles. The fraction of sp³-hybridized carbons (Fsp3) is 0.583. The molecular weight excluding hydrogens is 188 g/mol. The summed E-state index contributed by atoms with van der Waals surface area (Å²) in [5.41, 5.74) is 1.27. The lowest BCUT2D eigenvalue weighted by atomic mass is 9.90. The normalized spacial score (nSPS) is 19.1. The lowest BCUT2D eigenvalue weighted by molar-refractivity contribution is 0.251. The van der Waals surface area contributed by atoms with E-state index in [4.69, 9.17) is 4.74 Å². The number of hydrogen-bond donors (Lipinski definition) is 0. The van der Waals surface area contributed by atoms with Crippen molar-refractivity contribution in [1.29, 1.82) is 0 Å². The Labute approximate surface area is 91.1 Å². The smallest absolute Gasteiger partial charge is 0.216 e. The van der Waals surface area contributed by atoms with Crippen molar-refractivity contribution in [2.45, 2.75) is 18.8 Å². The second-order valence-corrected chi connectivity index (χ2v) is 4.18. The monoisotopic (exact) mass is 206 g/mol. The van der Waals surface area contributed by atoms with Crippen molar-refractivity contribution in [1.82, 2.24) is 9.88 Å². The Morgan fingerprint density at radius 1 is 1.40 bits per heavy atom. The van der Waals surface area contributed by atoms with Gasteiger partial charge >= 0.3 is 0 Å². The summed E-state index contributed by atoms with van der Waals surface area (Å²) in [5, 5.41) is 0. The van der Waals surface area contributed by atoms with Crippen LogP contribution in [0.5, 0.6) is 5.88 Å². The minimum absolute atomic E-state index is 0.616. The van der Waals surface area contributed by atoms with Gasteiger partial charge in [0, 0.05) is 11.8 Å². The van der Waals surface area contributed by atoms with Gasteiger partial charge in [0.15, 0.2) is 0 Å². The molecule has 0 aromatic carbocycles. The molecule has 0 bridgehead atoms. The number of aromatic nitrogens is 1. The molecule has 15 heavy (non-hydrogen) atoms. The van der Waals surface area contributed by atoms with E-state index in [1.807, 2.05) is 6.07 Å². The quantitative estimate of drug-likeness (QED) is 0.739. The van der Waals surface area contributed by atoms with Crippen molar-refractivity contribution in [2.75, 3.05) is 27.2 Å². The number of methoxy groups -OCH3 is 1. The van der Waals surface area contributed by atoms with Crippen LogP contribution in [-0.4, -0.2) is 37.1 Å². The molecule has 1 saturated heterocycles. The van der Waals surface area contributed by atoms with Gasteiger partial charge < -0.3 is 9.64 Å². The molecule has 0 atom stereocenters. The highest BCUT2D eigenvalue weighted by molar-refractivity contribution is 5.29. The van der Waals surface area contributed by atoms with Gasteiger partial charge in [-0.25, -0.2) is 4.98 Å². The predicted octanol–water partition coefficient (Wildman–Crippen LogP) is 1.90. The van der Waals surface area contributed by atoms with Crippen molar-refractivity contribution in [3.63, 3.8) is 0 Å². The van der Waals surface area contributed by atoms with Gasteiger partial charge in [0.05, 0.1) is 7.11 Å². The average Bonchev–Trinajstić information content (AvgIpc) is 2.30. The maximum absolute atomic E-state index is 5.30. The van der Waals surface area contributed by atoms with E-state index < -0.39 is 0 Å². The highest BCUT2D eigenvalue weighted by Gasteiger charge is 2.21. The SMILES string of the molecule is COc1ncccc1C1CCN(C)CC1. The van der Waals surface area contributed by atoms with Crippen LogP contribution in [0.4, 0.5) is 0 Å². The molecule has 1 aliphatic rings. The second kappa shape index (κ2) is 4.62. The first-order valence-corrected chi connectivity index (χ1v) is 5.48. The summed E-state index contributed by atoms with van der Waals surface area (Å²) in [4.78, 5) is 6.63. The summed E-state index contributed by atoms with van der Waals surface area (Å²) in [5.74, 6) is 1.41. The van der Waals surface area contributed by atoms with Crippen LogP contribution in [0.3, 0.4) is 0 Å². The van der Waals surface area contributed by atoms with Crippen LogP contribution in [0.25, 0.3) is 0 Å². The van der Waals surface area contributed by atoms with Crippen molar-refractivity contribution in [3.05, 3.63) is 23.9 Å². The third-order valence-corrected chi connectivity index (χ3v) is 3.15. The minimum Gasteiger partial charge on any atom is -0.481 e. The largest absolute Gasteiger partial charge is 0.481 e. The summed E-state index contributed by atoms with van der Waals surface area (Å²) in [6.07, 6.45) is 4.20. The van der Waals surface area contributed by atoms with Crippen molar-refractivity contribution >= 4 is 0 Å². The Morgan fingerprint density at radius 2 is 2.13 bits per heavy atom. The molecule has 0 unspecified atom stereocenters. The number of nitrogens with zero attached hydrogens (tertiary/aromatic N) is 2. The molecule has 2 heterocycles. The van der Waals surface area contributed by atoms with E-state index in [2.05, 4.69) is 23.0 Å². The van der Waals surface area contributed by atoms with Gasteiger partial charge in [-0.1, -0.05) is 6.07 Å². The first-order valence-electron chi connectivity index (χ1n) is 5.48. The van der Waals surface area contributed by atoms with Gasteiger partial charge in [-0.3, -0.25) is 0 Å². The summed E-state index contributed by atoms with van der Waals surface area (Å²) in [6.45, 7) is 2.34. The molecule has 82 valence electrons. The molecule has 0 saturated carbocycles. The van der Waals surface area contributed by atoms with Gasteiger partial charge in [-0.05, 0) is 45.0 Å². The van der Waals surface area contributed by atoms with E-state index >= 15 is 0 Å².